The predicted octanol–water partition coefficient (Wildman–Crippen LogP) is 7.98. The Bertz CT molecular complexity index is 1560. The Balaban J connectivity index is 1.57. The predicted molar refractivity (Wildman–Crippen MR) is 146 cm³/mol. The van der Waals surface area contributed by atoms with Gasteiger partial charge in [0.2, 0.25) is 0 Å². The molecule has 4 nitrogen and oxygen atoms in total. The van der Waals surface area contributed by atoms with Crippen molar-refractivity contribution < 1.29 is 4.79 Å². The van der Waals surface area contributed by atoms with Gasteiger partial charge in [-0.1, -0.05) is 54.1 Å². The van der Waals surface area contributed by atoms with Crippen LogP contribution >= 0.6 is 34.3 Å². The van der Waals surface area contributed by atoms with E-state index in [1.54, 1.807) is 16.3 Å². The van der Waals surface area contributed by atoms with E-state index in [-0.39, 0.29) is 11.9 Å². The minimum atomic E-state index is -0.155. The Morgan fingerprint density at radius 2 is 1.77 bits per heavy atom. The largest absolute Gasteiger partial charge is 0.284 e. The molecule has 35 heavy (non-hydrogen) atoms. The second-order valence-corrected chi connectivity index (χ2v) is 10.7. The fourth-order valence-corrected chi connectivity index (χ4v) is 6.32. The number of hydrogen-bond donors (Lipinski definition) is 0. The molecule has 0 radical (unpaired) electrons. The number of aryl methyl sites for hydroxylation is 1. The van der Waals surface area contributed by atoms with E-state index in [9.17, 15) is 4.79 Å². The van der Waals surface area contributed by atoms with Crippen LogP contribution < -0.4 is 0 Å². The molecular formula is C28H20ClN3OS2. The number of nitrogens with zero attached hydrogens (tertiary/aromatic N) is 3. The van der Waals surface area contributed by atoms with E-state index in [1.807, 2.05) is 72.3 Å². The van der Waals surface area contributed by atoms with Gasteiger partial charge in [0, 0.05) is 38.5 Å². The summed E-state index contributed by atoms with van der Waals surface area (Å²) in [6.07, 6.45) is 0.617. The van der Waals surface area contributed by atoms with E-state index >= 15 is 0 Å². The number of pyridine rings is 1. The van der Waals surface area contributed by atoms with E-state index in [2.05, 4.69) is 18.2 Å². The summed E-state index contributed by atoms with van der Waals surface area (Å²) in [6, 6.07) is 23.7. The Hall–Kier alpha value is -3.32. The van der Waals surface area contributed by atoms with Crippen molar-refractivity contribution in [3.8, 4) is 11.1 Å². The lowest BCUT2D eigenvalue weighted by Gasteiger charge is -2.19. The number of amides is 1. The average Bonchev–Trinajstić information content (AvgIpc) is 3.65. The highest BCUT2D eigenvalue weighted by molar-refractivity contribution is 7.12. The van der Waals surface area contributed by atoms with Gasteiger partial charge < -0.3 is 0 Å². The number of rotatable bonds is 4. The summed E-state index contributed by atoms with van der Waals surface area (Å²) in [7, 11) is 0. The van der Waals surface area contributed by atoms with Gasteiger partial charge in [0.15, 0.2) is 0 Å². The van der Waals surface area contributed by atoms with Crippen molar-refractivity contribution in [3.05, 3.63) is 110 Å². The molecule has 1 atom stereocenters. The van der Waals surface area contributed by atoms with Gasteiger partial charge in [0.05, 0.1) is 22.1 Å². The molecule has 1 aliphatic heterocycles. The molecule has 2 aromatic carbocycles. The molecule has 1 amide bonds. The van der Waals surface area contributed by atoms with Crippen LogP contribution in [0.15, 0.2) is 88.7 Å². The number of hydrazone groups is 1. The van der Waals surface area contributed by atoms with Crippen LogP contribution in [0.25, 0.3) is 22.0 Å². The number of aromatic nitrogens is 1. The molecule has 172 valence electrons. The third-order valence-electron chi connectivity index (χ3n) is 6.20. The molecule has 1 aliphatic rings. The Labute approximate surface area is 216 Å². The smallest absolute Gasteiger partial charge is 0.266 e. The maximum absolute atomic E-state index is 13.5. The molecule has 1 unspecified atom stereocenters. The van der Waals surface area contributed by atoms with Crippen LogP contribution in [0.2, 0.25) is 5.02 Å². The monoisotopic (exact) mass is 513 g/mol. The molecule has 0 N–H and O–H groups in total. The number of halogens is 1. The lowest BCUT2D eigenvalue weighted by atomic mass is 9.90. The molecule has 0 saturated carbocycles. The SMILES string of the molecule is Cc1nc2ccc(Cl)cc2c(-c2ccccc2)c1C1=NN(C(=O)c2cccs2)C(c2cccs2)C1. The fraction of sp³-hybridized carbons (Fsp3) is 0.107. The van der Waals surface area contributed by atoms with E-state index < -0.39 is 0 Å². The summed E-state index contributed by atoms with van der Waals surface area (Å²) in [6.45, 7) is 2.02. The Morgan fingerprint density at radius 3 is 2.51 bits per heavy atom. The van der Waals surface area contributed by atoms with Crippen molar-refractivity contribution in [3.63, 3.8) is 0 Å². The molecule has 3 aromatic heterocycles. The lowest BCUT2D eigenvalue weighted by molar-refractivity contribution is 0.0719. The topological polar surface area (TPSA) is 45.6 Å². The van der Waals surface area contributed by atoms with Gasteiger partial charge in [-0.3, -0.25) is 9.78 Å². The van der Waals surface area contributed by atoms with E-state index in [0.29, 0.717) is 16.3 Å². The van der Waals surface area contributed by atoms with Crippen molar-refractivity contribution in [1.82, 2.24) is 9.99 Å². The summed E-state index contributed by atoms with van der Waals surface area (Å²) in [5.74, 6) is -0.0795. The number of hydrogen-bond acceptors (Lipinski definition) is 5. The quantitative estimate of drug-likeness (QED) is 0.244. The standard InChI is InChI=1S/C28H20ClN3OS2/c1-17-26(27(18-7-3-2-4-8-18)20-15-19(29)11-12-21(20)30-17)22-16-23(24-9-5-13-34-24)32(31-22)28(33)25-10-6-14-35-25/h2-15,23H,16H2,1H3. The van der Waals surface area contributed by atoms with Gasteiger partial charge >= 0.3 is 0 Å². The maximum Gasteiger partial charge on any atom is 0.284 e. The van der Waals surface area contributed by atoms with Crippen molar-refractivity contribution in [2.45, 2.75) is 19.4 Å². The van der Waals surface area contributed by atoms with Crippen LogP contribution in [-0.2, 0) is 0 Å². The summed E-state index contributed by atoms with van der Waals surface area (Å²) in [4.78, 5) is 20.2. The van der Waals surface area contributed by atoms with E-state index in [1.165, 1.54) is 11.3 Å². The minimum Gasteiger partial charge on any atom is -0.266 e. The molecule has 4 heterocycles. The van der Waals surface area contributed by atoms with Crippen LogP contribution in [0.1, 0.15) is 38.3 Å². The Morgan fingerprint density at radius 1 is 0.971 bits per heavy atom. The summed E-state index contributed by atoms with van der Waals surface area (Å²) in [5.41, 5.74) is 5.71. The van der Waals surface area contributed by atoms with Crippen LogP contribution in [0, 0.1) is 6.92 Å². The molecule has 0 bridgehead atoms. The zero-order chi connectivity index (χ0) is 23.9. The van der Waals surface area contributed by atoms with Gasteiger partial charge in [-0.2, -0.15) is 5.10 Å². The number of thiophene rings is 2. The highest BCUT2D eigenvalue weighted by Gasteiger charge is 2.36. The first-order valence-corrected chi connectivity index (χ1v) is 13.4. The average molecular weight is 514 g/mol. The van der Waals surface area contributed by atoms with Crippen LogP contribution in [0.5, 0.6) is 0 Å². The molecule has 0 fully saturated rings. The second-order valence-electron chi connectivity index (χ2n) is 8.38. The van der Waals surface area contributed by atoms with Gasteiger partial charge in [-0.15, -0.1) is 22.7 Å². The molecule has 0 saturated heterocycles. The van der Waals surface area contributed by atoms with Gasteiger partial charge in [-0.25, -0.2) is 5.01 Å². The summed E-state index contributed by atoms with van der Waals surface area (Å²) in [5, 5.41) is 12.2. The zero-order valence-corrected chi connectivity index (χ0v) is 21.2. The normalized spacial score (nSPS) is 15.5. The number of carbonyl (C=O) groups is 1. The molecular weight excluding hydrogens is 494 g/mol. The molecule has 5 aromatic rings. The van der Waals surface area contributed by atoms with Crippen molar-refractivity contribution in [2.75, 3.05) is 0 Å². The lowest BCUT2D eigenvalue weighted by Crippen LogP contribution is -2.25. The van der Waals surface area contributed by atoms with E-state index in [4.69, 9.17) is 21.7 Å². The van der Waals surface area contributed by atoms with Crippen LogP contribution in [0.3, 0.4) is 0 Å². The Kier molecular flexibility index (Phi) is 5.72. The highest BCUT2D eigenvalue weighted by Crippen LogP contribution is 2.41. The molecule has 7 heteroatoms. The summed E-state index contributed by atoms with van der Waals surface area (Å²) >= 11 is 9.52. The second kappa shape index (κ2) is 9.04. The minimum absolute atomic E-state index is 0.0795. The highest BCUT2D eigenvalue weighted by atomic mass is 35.5. The first kappa shape index (κ1) is 22.2. The van der Waals surface area contributed by atoms with Gasteiger partial charge in [0.25, 0.3) is 5.91 Å². The van der Waals surface area contributed by atoms with Crippen molar-refractivity contribution in [1.29, 1.82) is 0 Å². The fourth-order valence-electron chi connectivity index (χ4n) is 4.68. The van der Waals surface area contributed by atoms with Crippen molar-refractivity contribution >= 4 is 56.8 Å². The third kappa shape index (κ3) is 3.97. The third-order valence-corrected chi connectivity index (χ3v) is 8.27. The van der Waals surface area contributed by atoms with Crippen molar-refractivity contribution in [2.24, 2.45) is 5.10 Å². The van der Waals surface area contributed by atoms with Gasteiger partial charge in [0.1, 0.15) is 0 Å². The number of fused-ring (bicyclic) bond motifs is 1. The number of carbonyl (C=O) groups excluding carboxylic acids is 1. The molecule has 0 aliphatic carbocycles. The maximum atomic E-state index is 13.5. The van der Waals surface area contributed by atoms with Crippen LogP contribution in [-0.4, -0.2) is 21.6 Å². The van der Waals surface area contributed by atoms with Crippen LogP contribution in [0.4, 0.5) is 0 Å². The molecule has 0 spiro atoms. The van der Waals surface area contributed by atoms with E-state index in [0.717, 1.165) is 43.9 Å². The first-order chi connectivity index (χ1) is 17.1. The zero-order valence-electron chi connectivity index (χ0n) is 18.8. The summed E-state index contributed by atoms with van der Waals surface area (Å²) < 4.78 is 0. The number of benzene rings is 2. The van der Waals surface area contributed by atoms with Gasteiger partial charge in [-0.05, 0) is 53.6 Å². The molecule has 6 rings (SSSR count). The first-order valence-electron chi connectivity index (χ1n) is 11.2.